The van der Waals surface area contributed by atoms with E-state index in [2.05, 4.69) is 25.1 Å². The molecule has 1 fully saturated rings. The lowest BCUT2D eigenvalue weighted by atomic mass is 10.3. The second-order valence-corrected chi connectivity index (χ2v) is 6.23. The van der Waals surface area contributed by atoms with Gasteiger partial charge in [0.25, 0.3) is 5.91 Å². The SMILES string of the molecule is CN(C)CCNc1nccc(N2CCN(C(=O)c3ccco3)CC2)n1. The summed E-state index contributed by atoms with van der Waals surface area (Å²) in [6.45, 7) is 4.48. The molecule has 3 rings (SSSR count). The van der Waals surface area contributed by atoms with Crippen molar-refractivity contribution >= 4 is 17.7 Å². The van der Waals surface area contributed by atoms with Gasteiger partial charge in [-0.15, -0.1) is 0 Å². The summed E-state index contributed by atoms with van der Waals surface area (Å²) in [5, 5.41) is 3.23. The fourth-order valence-corrected chi connectivity index (χ4v) is 2.70. The van der Waals surface area contributed by atoms with Crippen LogP contribution in [0.2, 0.25) is 0 Å². The van der Waals surface area contributed by atoms with Gasteiger partial charge in [0.15, 0.2) is 5.76 Å². The zero-order valence-corrected chi connectivity index (χ0v) is 14.7. The van der Waals surface area contributed by atoms with E-state index in [9.17, 15) is 4.79 Å². The lowest BCUT2D eigenvalue weighted by Crippen LogP contribution is -2.49. The van der Waals surface area contributed by atoms with Crippen molar-refractivity contribution in [3.05, 3.63) is 36.4 Å². The van der Waals surface area contributed by atoms with Crippen LogP contribution in [-0.2, 0) is 0 Å². The van der Waals surface area contributed by atoms with Gasteiger partial charge in [0.2, 0.25) is 5.95 Å². The van der Waals surface area contributed by atoms with E-state index in [1.807, 2.05) is 25.1 Å². The topological polar surface area (TPSA) is 77.7 Å². The molecule has 2 aromatic rings. The van der Waals surface area contributed by atoms with Crippen molar-refractivity contribution in [3.8, 4) is 0 Å². The average Bonchev–Trinajstić information content (AvgIpc) is 3.16. The molecule has 1 saturated heterocycles. The lowest BCUT2D eigenvalue weighted by Gasteiger charge is -2.35. The molecule has 0 bridgehead atoms. The third kappa shape index (κ3) is 4.48. The highest BCUT2D eigenvalue weighted by Gasteiger charge is 2.24. The number of furan rings is 1. The van der Waals surface area contributed by atoms with Crippen LogP contribution in [0.15, 0.2) is 35.1 Å². The Morgan fingerprint density at radius 3 is 2.76 bits per heavy atom. The highest BCUT2D eigenvalue weighted by molar-refractivity contribution is 5.91. The summed E-state index contributed by atoms with van der Waals surface area (Å²) in [5.41, 5.74) is 0. The number of rotatable bonds is 6. The highest BCUT2D eigenvalue weighted by Crippen LogP contribution is 2.16. The van der Waals surface area contributed by atoms with Crippen LogP contribution in [0.1, 0.15) is 10.6 Å². The van der Waals surface area contributed by atoms with Crippen LogP contribution in [0, 0.1) is 0 Å². The molecule has 25 heavy (non-hydrogen) atoms. The van der Waals surface area contributed by atoms with Gasteiger partial charge in [-0.05, 0) is 32.3 Å². The minimum atomic E-state index is -0.0571. The smallest absolute Gasteiger partial charge is 0.289 e. The van der Waals surface area contributed by atoms with E-state index in [1.165, 1.54) is 6.26 Å². The van der Waals surface area contributed by atoms with Gasteiger partial charge < -0.3 is 24.4 Å². The molecule has 3 heterocycles. The molecule has 2 aromatic heterocycles. The largest absolute Gasteiger partial charge is 0.459 e. The molecule has 0 aromatic carbocycles. The molecule has 134 valence electrons. The van der Waals surface area contributed by atoms with Gasteiger partial charge in [0.05, 0.1) is 6.26 Å². The fourth-order valence-electron chi connectivity index (χ4n) is 2.70. The summed E-state index contributed by atoms with van der Waals surface area (Å²) < 4.78 is 5.19. The maximum atomic E-state index is 12.3. The average molecular weight is 344 g/mol. The van der Waals surface area contributed by atoms with E-state index in [-0.39, 0.29) is 5.91 Å². The Labute approximate surface area is 147 Å². The van der Waals surface area contributed by atoms with Crippen molar-refractivity contribution in [2.75, 3.05) is 63.6 Å². The van der Waals surface area contributed by atoms with E-state index in [0.717, 1.165) is 32.0 Å². The van der Waals surface area contributed by atoms with Crippen LogP contribution in [-0.4, -0.2) is 79.0 Å². The lowest BCUT2D eigenvalue weighted by molar-refractivity contribution is 0.0714. The summed E-state index contributed by atoms with van der Waals surface area (Å²) in [7, 11) is 4.06. The minimum Gasteiger partial charge on any atom is -0.459 e. The van der Waals surface area contributed by atoms with E-state index < -0.39 is 0 Å². The maximum Gasteiger partial charge on any atom is 0.289 e. The number of nitrogens with zero attached hydrogens (tertiary/aromatic N) is 5. The third-order valence-corrected chi connectivity index (χ3v) is 4.11. The molecule has 8 nitrogen and oxygen atoms in total. The Morgan fingerprint density at radius 1 is 1.28 bits per heavy atom. The first-order valence-corrected chi connectivity index (χ1v) is 8.43. The molecule has 0 radical (unpaired) electrons. The Balaban J connectivity index is 1.55. The van der Waals surface area contributed by atoms with Crippen molar-refractivity contribution in [2.24, 2.45) is 0 Å². The predicted molar refractivity (Wildman–Crippen MR) is 95.9 cm³/mol. The number of piperazine rings is 1. The molecule has 0 unspecified atom stereocenters. The van der Waals surface area contributed by atoms with Crippen molar-refractivity contribution < 1.29 is 9.21 Å². The molecule has 0 spiro atoms. The van der Waals surface area contributed by atoms with Crippen molar-refractivity contribution in [1.29, 1.82) is 0 Å². The summed E-state index contributed by atoms with van der Waals surface area (Å²) in [6.07, 6.45) is 3.29. The number of likely N-dealkylation sites (N-methyl/N-ethyl adjacent to an activating group) is 1. The summed E-state index contributed by atoms with van der Waals surface area (Å²) >= 11 is 0. The van der Waals surface area contributed by atoms with Gasteiger partial charge in [-0.1, -0.05) is 0 Å². The molecule has 0 saturated carbocycles. The van der Waals surface area contributed by atoms with Gasteiger partial charge in [-0.25, -0.2) is 4.98 Å². The van der Waals surface area contributed by atoms with Crippen molar-refractivity contribution in [2.45, 2.75) is 0 Å². The minimum absolute atomic E-state index is 0.0571. The first-order chi connectivity index (χ1) is 12.1. The monoisotopic (exact) mass is 344 g/mol. The van der Waals surface area contributed by atoms with Crippen LogP contribution in [0.4, 0.5) is 11.8 Å². The van der Waals surface area contributed by atoms with E-state index >= 15 is 0 Å². The number of hydrogen-bond donors (Lipinski definition) is 1. The van der Waals surface area contributed by atoms with E-state index in [1.54, 1.807) is 18.3 Å². The van der Waals surface area contributed by atoms with Crippen LogP contribution < -0.4 is 10.2 Å². The highest BCUT2D eigenvalue weighted by atomic mass is 16.3. The van der Waals surface area contributed by atoms with Crippen LogP contribution in [0.3, 0.4) is 0 Å². The Kier molecular flexibility index (Phi) is 5.49. The molecule has 1 amide bonds. The van der Waals surface area contributed by atoms with Gasteiger partial charge in [-0.3, -0.25) is 4.79 Å². The van der Waals surface area contributed by atoms with Gasteiger partial charge in [0.1, 0.15) is 5.82 Å². The summed E-state index contributed by atoms with van der Waals surface area (Å²) in [5.74, 6) is 1.85. The standard InChI is InChI=1S/C17H24N6O2/c1-21(2)8-7-19-17-18-6-5-15(20-17)22-9-11-23(12-10-22)16(24)14-4-3-13-25-14/h3-6,13H,7-12H2,1-2H3,(H,18,19,20). The van der Waals surface area contributed by atoms with Crippen molar-refractivity contribution in [3.63, 3.8) is 0 Å². The van der Waals surface area contributed by atoms with Gasteiger partial charge in [0, 0.05) is 45.5 Å². The normalized spacial score (nSPS) is 14.8. The van der Waals surface area contributed by atoms with Crippen LogP contribution in [0.25, 0.3) is 0 Å². The zero-order chi connectivity index (χ0) is 17.6. The molecule has 0 atom stereocenters. The van der Waals surface area contributed by atoms with Gasteiger partial charge >= 0.3 is 0 Å². The summed E-state index contributed by atoms with van der Waals surface area (Å²) in [6, 6.07) is 5.33. The third-order valence-electron chi connectivity index (χ3n) is 4.11. The predicted octanol–water partition coefficient (Wildman–Crippen LogP) is 1.01. The Hall–Kier alpha value is -2.61. The number of hydrogen-bond acceptors (Lipinski definition) is 7. The Bertz CT molecular complexity index is 680. The molecular formula is C17H24N6O2. The van der Waals surface area contributed by atoms with E-state index in [0.29, 0.717) is 24.8 Å². The maximum absolute atomic E-state index is 12.3. The zero-order valence-electron chi connectivity index (χ0n) is 14.7. The second kappa shape index (κ2) is 7.98. The molecule has 0 aliphatic carbocycles. The van der Waals surface area contributed by atoms with Crippen LogP contribution >= 0.6 is 0 Å². The molecule has 1 N–H and O–H groups in total. The van der Waals surface area contributed by atoms with E-state index in [4.69, 9.17) is 4.42 Å². The quantitative estimate of drug-likeness (QED) is 0.838. The van der Waals surface area contributed by atoms with Gasteiger partial charge in [-0.2, -0.15) is 4.98 Å². The number of carbonyl (C=O) groups excluding carboxylic acids is 1. The first kappa shape index (κ1) is 17.2. The molecule has 1 aliphatic heterocycles. The fraction of sp³-hybridized carbons (Fsp3) is 0.471. The molecule has 1 aliphatic rings. The number of anilines is 2. The summed E-state index contributed by atoms with van der Waals surface area (Å²) in [4.78, 5) is 27.2. The van der Waals surface area contributed by atoms with Crippen molar-refractivity contribution in [1.82, 2.24) is 19.8 Å². The first-order valence-electron chi connectivity index (χ1n) is 8.43. The number of aromatic nitrogens is 2. The second-order valence-electron chi connectivity index (χ2n) is 6.23. The Morgan fingerprint density at radius 2 is 2.08 bits per heavy atom. The molecular weight excluding hydrogens is 320 g/mol. The number of amides is 1. The number of carbonyl (C=O) groups is 1. The number of nitrogens with one attached hydrogen (secondary N) is 1. The van der Waals surface area contributed by atoms with Crippen LogP contribution in [0.5, 0.6) is 0 Å². The molecule has 8 heteroatoms.